The van der Waals surface area contributed by atoms with E-state index in [-0.39, 0.29) is 9.79 Å². The summed E-state index contributed by atoms with van der Waals surface area (Å²) in [6.07, 6.45) is 2.32. The number of benzene rings is 2. The Labute approximate surface area is 141 Å². The molecule has 0 radical (unpaired) electrons. The third-order valence-electron chi connectivity index (χ3n) is 4.04. The molecule has 4 nitrogen and oxygen atoms in total. The number of hydrogen-bond acceptors (Lipinski definition) is 3. The van der Waals surface area contributed by atoms with Crippen molar-refractivity contribution in [1.29, 1.82) is 0 Å². The molecule has 0 aliphatic carbocycles. The van der Waals surface area contributed by atoms with E-state index in [0.717, 1.165) is 17.5 Å². The molecular weight excluding hydrogens is 322 g/mol. The summed E-state index contributed by atoms with van der Waals surface area (Å²) in [5.74, 6) is 0. The summed E-state index contributed by atoms with van der Waals surface area (Å²) in [7, 11) is -3.85. The summed E-state index contributed by atoms with van der Waals surface area (Å²) in [5.41, 5.74) is 1.28. The third-order valence-corrected chi connectivity index (χ3v) is 5.80. The molecule has 0 fully saturated rings. The van der Waals surface area contributed by atoms with Crippen LogP contribution in [-0.2, 0) is 16.4 Å². The first-order valence-electron chi connectivity index (χ1n) is 7.89. The predicted octanol–water partition coefficient (Wildman–Crippen LogP) is 3.55. The molecule has 124 valence electrons. The number of rotatable bonds is 4. The van der Waals surface area contributed by atoms with Gasteiger partial charge >= 0.3 is 0 Å². The van der Waals surface area contributed by atoms with Crippen LogP contribution >= 0.6 is 0 Å². The summed E-state index contributed by atoms with van der Waals surface area (Å²) in [4.78, 5) is 12.8. The van der Waals surface area contributed by atoms with Crippen LogP contribution in [0.15, 0.2) is 69.3 Å². The average molecular weight is 341 g/mol. The number of sulfone groups is 1. The lowest BCUT2D eigenvalue weighted by molar-refractivity contribution is 0.592. The second kappa shape index (κ2) is 6.24. The second-order valence-corrected chi connectivity index (χ2v) is 7.77. The molecule has 0 unspecified atom stereocenters. The fourth-order valence-electron chi connectivity index (χ4n) is 2.78. The summed E-state index contributed by atoms with van der Waals surface area (Å²) in [5, 5.41) is 0.430. The van der Waals surface area contributed by atoms with Gasteiger partial charge in [-0.15, -0.1) is 0 Å². The maximum Gasteiger partial charge on any atom is 0.211 e. The summed E-state index contributed by atoms with van der Waals surface area (Å²) in [6, 6.07) is 13.7. The minimum Gasteiger partial charge on any atom is -0.346 e. The Kier molecular flexibility index (Phi) is 4.28. The fraction of sp³-hybridized carbons (Fsp3) is 0.211. The Morgan fingerprint density at radius 1 is 1.00 bits per heavy atom. The summed E-state index contributed by atoms with van der Waals surface area (Å²) in [6.45, 7) is 4.55. The van der Waals surface area contributed by atoms with Gasteiger partial charge in [0.2, 0.25) is 15.3 Å². The zero-order chi connectivity index (χ0) is 17.3. The molecule has 0 bridgehead atoms. The molecule has 0 aliphatic heterocycles. The van der Waals surface area contributed by atoms with Crippen LogP contribution in [0.5, 0.6) is 0 Å². The summed E-state index contributed by atoms with van der Waals surface area (Å²) < 4.78 is 27.8. The van der Waals surface area contributed by atoms with Crippen LogP contribution in [-0.4, -0.2) is 13.0 Å². The number of fused-ring (bicyclic) bond motifs is 1. The number of para-hydroxylation sites is 1. The number of hydrogen-bond donors (Lipinski definition) is 0. The van der Waals surface area contributed by atoms with Gasteiger partial charge in [0.05, 0.1) is 10.4 Å². The highest BCUT2D eigenvalue weighted by molar-refractivity contribution is 7.91. The van der Waals surface area contributed by atoms with Crippen molar-refractivity contribution in [2.24, 2.45) is 0 Å². The SMILES string of the molecule is CCCn1cc(S(=O)(=O)c2ccc(C)cc2)c(=O)c2ccccc21. The Bertz CT molecular complexity index is 1050. The van der Waals surface area contributed by atoms with E-state index in [1.54, 1.807) is 36.4 Å². The molecule has 0 saturated carbocycles. The van der Waals surface area contributed by atoms with E-state index in [1.165, 1.54) is 6.20 Å². The van der Waals surface area contributed by atoms with E-state index >= 15 is 0 Å². The smallest absolute Gasteiger partial charge is 0.211 e. The Hall–Kier alpha value is -2.40. The van der Waals surface area contributed by atoms with Crippen molar-refractivity contribution in [3.63, 3.8) is 0 Å². The third kappa shape index (κ3) is 2.76. The molecule has 0 amide bonds. The minimum atomic E-state index is -3.85. The number of aromatic nitrogens is 1. The van der Waals surface area contributed by atoms with Crippen LogP contribution in [0.4, 0.5) is 0 Å². The average Bonchev–Trinajstić information content (AvgIpc) is 2.58. The van der Waals surface area contributed by atoms with Crippen molar-refractivity contribution in [2.75, 3.05) is 0 Å². The van der Waals surface area contributed by atoms with Crippen LogP contribution in [0.3, 0.4) is 0 Å². The first-order chi connectivity index (χ1) is 11.4. The lowest BCUT2D eigenvalue weighted by Crippen LogP contribution is -2.19. The van der Waals surface area contributed by atoms with Crippen LogP contribution in [0.1, 0.15) is 18.9 Å². The monoisotopic (exact) mass is 341 g/mol. The topological polar surface area (TPSA) is 56.1 Å². The zero-order valence-electron chi connectivity index (χ0n) is 13.7. The number of pyridine rings is 1. The van der Waals surface area contributed by atoms with E-state index in [2.05, 4.69) is 0 Å². The van der Waals surface area contributed by atoms with E-state index in [0.29, 0.717) is 11.9 Å². The minimum absolute atomic E-state index is 0.142. The molecular formula is C19H19NO3S. The molecule has 3 aromatic rings. The molecule has 5 heteroatoms. The van der Waals surface area contributed by atoms with Gasteiger partial charge < -0.3 is 4.57 Å². The van der Waals surface area contributed by atoms with Crippen molar-refractivity contribution < 1.29 is 8.42 Å². The molecule has 0 aliphatic rings. The Morgan fingerprint density at radius 3 is 2.33 bits per heavy atom. The van der Waals surface area contributed by atoms with Gasteiger partial charge in [-0.05, 0) is 37.6 Å². The van der Waals surface area contributed by atoms with Crippen molar-refractivity contribution in [3.8, 4) is 0 Å². The van der Waals surface area contributed by atoms with Gasteiger partial charge in [0.25, 0.3) is 0 Å². The second-order valence-electron chi connectivity index (χ2n) is 5.85. The molecule has 2 aromatic carbocycles. The molecule has 1 heterocycles. The Balaban J connectivity index is 2.31. The number of aryl methyl sites for hydroxylation is 2. The van der Waals surface area contributed by atoms with Gasteiger partial charge in [0, 0.05) is 18.1 Å². The molecule has 0 atom stereocenters. The van der Waals surface area contributed by atoms with Gasteiger partial charge in [0.1, 0.15) is 4.90 Å². The van der Waals surface area contributed by atoms with Crippen LogP contribution < -0.4 is 5.43 Å². The molecule has 0 saturated heterocycles. The normalized spacial score (nSPS) is 11.8. The van der Waals surface area contributed by atoms with Gasteiger partial charge in [0.15, 0.2) is 0 Å². The molecule has 3 rings (SSSR count). The van der Waals surface area contributed by atoms with Crippen molar-refractivity contribution in [3.05, 3.63) is 70.5 Å². The van der Waals surface area contributed by atoms with Crippen LogP contribution in [0.25, 0.3) is 10.9 Å². The van der Waals surface area contributed by atoms with E-state index in [4.69, 9.17) is 0 Å². The van der Waals surface area contributed by atoms with E-state index < -0.39 is 15.3 Å². The predicted molar refractivity (Wildman–Crippen MR) is 95.1 cm³/mol. The highest BCUT2D eigenvalue weighted by atomic mass is 32.2. The molecule has 0 spiro atoms. The lowest BCUT2D eigenvalue weighted by atomic mass is 10.2. The van der Waals surface area contributed by atoms with E-state index in [1.807, 2.05) is 30.5 Å². The molecule has 24 heavy (non-hydrogen) atoms. The van der Waals surface area contributed by atoms with Gasteiger partial charge in [-0.25, -0.2) is 8.42 Å². The maximum absolute atomic E-state index is 13.0. The number of nitrogens with zero attached hydrogens (tertiary/aromatic N) is 1. The van der Waals surface area contributed by atoms with E-state index in [9.17, 15) is 13.2 Å². The first-order valence-corrected chi connectivity index (χ1v) is 9.37. The van der Waals surface area contributed by atoms with Gasteiger partial charge in [-0.3, -0.25) is 4.79 Å². The standard InChI is InChI=1S/C19H19NO3S/c1-3-12-20-13-18(19(21)16-6-4-5-7-17(16)20)24(22,23)15-10-8-14(2)9-11-15/h4-11,13H,3,12H2,1-2H3. The molecule has 0 N–H and O–H groups in total. The van der Waals surface area contributed by atoms with Gasteiger partial charge in [-0.1, -0.05) is 36.8 Å². The van der Waals surface area contributed by atoms with Crippen molar-refractivity contribution in [2.45, 2.75) is 36.6 Å². The Morgan fingerprint density at radius 2 is 1.67 bits per heavy atom. The first kappa shape index (κ1) is 16.5. The fourth-order valence-corrected chi connectivity index (χ4v) is 4.15. The maximum atomic E-state index is 13.0. The van der Waals surface area contributed by atoms with Gasteiger partial charge in [-0.2, -0.15) is 0 Å². The van der Waals surface area contributed by atoms with Crippen LogP contribution in [0.2, 0.25) is 0 Å². The zero-order valence-corrected chi connectivity index (χ0v) is 14.5. The quantitative estimate of drug-likeness (QED) is 0.729. The summed E-state index contributed by atoms with van der Waals surface area (Å²) >= 11 is 0. The largest absolute Gasteiger partial charge is 0.346 e. The van der Waals surface area contributed by atoms with Crippen molar-refractivity contribution >= 4 is 20.7 Å². The van der Waals surface area contributed by atoms with Crippen LogP contribution in [0, 0.1) is 6.92 Å². The highest BCUT2D eigenvalue weighted by Gasteiger charge is 2.23. The highest BCUT2D eigenvalue weighted by Crippen LogP contribution is 2.21. The molecule has 1 aromatic heterocycles. The van der Waals surface area contributed by atoms with Crippen molar-refractivity contribution in [1.82, 2.24) is 4.57 Å². The lowest BCUT2D eigenvalue weighted by Gasteiger charge is -2.13.